The van der Waals surface area contributed by atoms with Crippen LogP contribution in [0.1, 0.15) is 20.3 Å². The number of aromatic nitrogens is 4. The Morgan fingerprint density at radius 2 is 2.24 bits per heavy atom. The van der Waals surface area contributed by atoms with Crippen molar-refractivity contribution in [3.63, 3.8) is 0 Å². The summed E-state index contributed by atoms with van der Waals surface area (Å²) in [6.45, 7) is 7.89. The minimum absolute atomic E-state index is 0.778. The van der Waals surface area contributed by atoms with Crippen molar-refractivity contribution in [2.24, 2.45) is 0 Å². The Hall–Kier alpha value is -2.01. The summed E-state index contributed by atoms with van der Waals surface area (Å²) in [4.78, 5) is 8.17. The summed E-state index contributed by atoms with van der Waals surface area (Å²) < 4.78 is 2.87. The monoisotopic (exact) mass is 344 g/mol. The number of rotatable bonds is 5. The van der Waals surface area contributed by atoms with Gasteiger partial charge in [-0.1, -0.05) is 40.2 Å². The summed E-state index contributed by atoms with van der Waals surface area (Å²) in [6, 6.07) is 1.87. The third kappa shape index (κ3) is 3.98. The maximum atomic E-state index is 4.45. The summed E-state index contributed by atoms with van der Waals surface area (Å²) >= 11 is 3.44. The molecule has 0 amide bonds. The van der Waals surface area contributed by atoms with Crippen LogP contribution in [0, 0.1) is 0 Å². The van der Waals surface area contributed by atoms with Crippen LogP contribution < -0.4 is 0 Å². The molecule has 0 radical (unpaired) electrons. The fourth-order valence-electron chi connectivity index (χ4n) is 1.87. The van der Waals surface area contributed by atoms with E-state index in [4.69, 9.17) is 0 Å². The van der Waals surface area contributed by atoms with Gasteiger partial charge in [-0.3, -0.25) is 0 Å². The highest BCUT2D eigenvalue weighted by atomic mass is 79.9. The quantitative estimate of drug-likeness (QED) is 0.752. The molecule has 0 atom stereocenters. The molecule has 5 heteroatoms. The van der Waals surface area contributed by atoms with Gasteiger partial charge in [0.05, 0.1) is 11.9 Å². The van der Waals surface area contributed by atoms with Crippen LogP contribution in [0.4, 0.5) is 0 Å². The lowest BCUT2D eigenvalue weighted by Crippen LogP contribution is -1.98. The van der Waals surface area contributed by atoms with Crippen molar-refractivity contribution >= 4 is 21.6 Å². The van der Waals surface area contributed by atoms with Gasteiger partial charge in [0.15, 0.2) is 0 Å². The molecule has 4 nitrogen and oxygen atoms in total. The van der Waals surface area contributed by atoms with Crippen LogP contribution in [0.2, 0.25) is 0 Å². The van der Waals surface area contributed by atoms with Crippen LogP contribution in [-0.4, -0.2) is 19.7 Å². The average molecular weight is 345 g/mol. The van der Waals surface area contributed by atoms with Crippen molar-refractivity contribution < 1.29 is 0 Å². The molecule has 0 aromatic carbocycles. The molecule has 2 aromatic heterocycles. The van der Waals surface area contributed by atoms with Gasteiger partial charge < -0.3 is 0 Å². The Labute approximate surface area is 133 Å². The zero-order valence-electron chi connectivity index (χ0n) is 12.1. The molecule has 2 rings (SSSR count). The van der Waals surface area contributed by atoms with E-state index in [1.807, 2.05) is 23.1 Å². The van der Waals surface area contributed by atoms with E-state index >= 15 is 0 Å². The normalized spacial score (nSPS) is 11.3. The van der Waals surface area contributed by atoms with Gasteiger partial charge in [0.1, 0.15) is 6.33 Å². The highest BCUT2D eigenvalue weighted by molar-refractivity contribution is 9.11. The van der Waals surface area contributed by atoms with Gasteiger partial charge in [-0.15, -0.1) is 0 Å². The third-order valence-corrected chi connectivity index (χ3v) is 3.65. The topological polar surface area (TPSA) is 43.6 Å². The molecular weight excluding hydrogens is 328 g/mol. The predicted molar refractivity (Wildman–Crippen MR) is 89.6 cm³/mol. The largest absolute Gasteiger partial charge is 0.245 e. The lowest BCUT2D eigenvalue weighted by molar-refractivity contribution is 0.867. The third-order valence-electron chi connectivity index (χ3n) is 3.00. The second-order valence-electron chi connectivity index (χ2n) is 4.71. The van der Waals surface area contributed by atoms with Crippen LogP contribution in [0.15, 0.2) is 59.8 Å². The molecule has 0 aliphatic carbocycles. The van der Waals surface area contributed by atoms with Crippen LogP contribution in [0.25, 0.3) is 17.0 Å². The standard InChI is InChI=1S/C16H17BrN4/c1-4-14(17)5-6-16(12(2)3)21-10-13(9-20-21)15-7-8-18-11-19-15/h4-5,7-11H,1,6H2,2-3H3/b14-5+. The average Bonchev–Trinajstić information content (AvgIpc) is 2.97. The second kappa shape index (κ2) is 7.13. The molecule has 0 bridgehead atoms. The highest BCUT2D eigenvalue weighted by Crippen LogP contribution is 2.21. The number of hydrogen-bond donors (Lipinski definition) is 0. The first-order valence-corrected chi connectivity index (χ1v) is 7.37. The van der Waals surface area contributed by atoms with Crippen LogP contribution in [0.5, 0.6) is 0 Å². The Morgan fingerprint density at radius 3 is 2.86 bits per heavy atom. The van der Waals surface area contributed by atoms with Crippen LogP contribution in [-0.2, 0) is 0 Å². The molecule has 0 fully saturated rings. The van der Waals surface area contributed by atoms with E-state index in [1.165, 1.54) is 5.57 Å². The molecule has 0 saturated carbocycles. The van der Waals surface area contributed by atoms with Crippen molar-refractivity contribution in [1.82, 2.24) is 19.7 Å². The van der Waals surface area contributed by atoms with Crippen molar-refractivity contribution in [1.29, 1.82) is 0 Å². The second-order valence-corrected chi connectivity index (χ2v) is 5.63. The molecule has 2 heterocycles. The predicted octanol–water partition coefficient (Wildman–Crippen LogP) is 4.45. The number of hydrogen-bond acceptors (Lipinski definition) is 3. The van der Waals surface area contributed by atoms with Gasteiger partial charge in [0.2, 0.25) is 0 Å². The molecule has 2 aromatic rings. The first kappa shape index (κ1) is 15.4. The molecule has 21 heavy (non-hydrogen) atoms. The first-order chi connectivity index (χ1) is 10.1. The zero-order valence-corrected chi connectivity index (χ0v) is 13.7. The van der Waals surface area contributed by atoms with E-state index in [1.54, 1.807) is 18.6 Å². The number of nitrogens with zero attached hydrogens (tertiary/aromatic N) is 4. The summed E-state index contributed by atoms with van der Waals surface area (Å²) in [5, 5.41) is 4.45. The van der Waals surface area contributed by atoms with Gasteiger partial charge in [-0.25, -0.2) is 14.6 Å². The molecule has 0 aliphatic heterocycles. The van der Waals surface area contributed by atoms with Gasteiger partial charge in [-0.2, -0.15) is 5.10 Å². The van der Waals surface area contributed by atoms with Crippen LogP contribution >= 0.6 is 15.9 Å². The van der Waals surface area contributed by atoms with Gasteiger partial charge >= 0.3 is 0 Å². The van der Waals surface area contributed by atoms with E-state index in [-0.39, 0.29) is 0 Å². The molecule has 0 N–H and O–H groups in total. The molecule has 0 unspecified atom stereocenters. The highest BCUT2D eigenvalue weighted by Gasteiger charge is 2.07. The first-order valence-electron chi connectivity index (χ1n) is 6.57. The fourth-order valence-corrected chi connectivity index (χ4v) is 2.03. The molecule has 108 valence electrons. The van der Waals surface area contributed by atoms with Crippen molar-refractivity contribution in [3.8, 4) is 11.3 Å². The lowest BCUT2D eigenvalue weighted by Gasteiger charge is -2.08. The molecule has 0 saturated heterocycles. The van der Waals surface area contributed by atoms with E-state index in [2.05, 4.69) is 57.5 Å². The summed E-state index contributed by atoms with van der Waals surface area (Å²) in [5.41, 5.74) is 4.19. The van der Waals surface area contributed by atoms with Crippen LogP contribution in [0.3, 0.4) is 0 Å². The zero-order chi connectivity index (χ0) is 15.2. The lowest BCUT2D eigenvalue weighted by atomic mass is 10.2. The van der Waals surface area contributed by atoms with E-state index in [0.717, 1.165) is 27.9 Å². The van der Waals surface area contributed by atoms with E-state index < -0.39 is 0 Å². The summed E-state index contributed by atoms with van der Waals surface area (Å²) in [5.74, 6) is 0. The molecular formula is C16H17BrN4. The maximum Gasteiger partial charge on any atom is 0.116 e. The molecule has 0 spiro atoms. The summed E-state index contributed by atoms with van der Waals surface area (Å²) in [6.07, 6.45) is 11.7. The van der Waals surface area contributed by atoms with Gasteiger partial charge in [-0.05, 0) is 19.9 Å². The Balaban J connectivity index is 2.30. The van der Waals surface area contributed by atoms with Gasteiger partial charge in [0, 0.05) is 34.6 Å². The van der Waals surface area contributed by atoms with Crippen molar-refractivity contribution in [3.05, 3.63) is 59.8 Å². The number of allylic oxidation sites excluding steroid dienone is 5. The Morgan fingerprint density at radius 1 is 1.43 bits per heavy atom. The Bertz CT molecular complexity index is 679. The van der Waals surface area contributed by atoms with E-state index in [9.17, 15) is 0 Å². The smallest absolute Gasteiger partial charge is 0.116 e. The number of halogens is 1. The maximum absolute atomic E-state index is 4.45. The van der Waals surface area contributed by atoms with Gasteiger partial charge in [0.25, 0.3) is 0 Å². The van der Waals surface area contributed by atoms with Crippen molar-refractivity contribution in [2.45, 2.75) is 20.3 Å². The minimum Gasteiger partial charge on any atom is -0.245 e. The SMILES string of the molecule is C=C/C(Br)=C\CC(=C(C)C)n1cc(-c2ccncn2)cn1. The summed E-state index contributed by atoms with van der Waals surface area (Å²) in [7, 11) is 0. The minimum atomic E-state index is 0.778. The Kier molecular flexibility index (Phi) is 5.22. The van der Waals surface area contributed by atoms with E-state index in [0.29, 0.717) is 0 Å². The fraction of sp³-hybridized carbons (Fsp3) is 0.188. The molecule has 0 aliphatic rings. The van der Waals surface area contributed by atoms with Crippen molar-refractivity contribution in [2.75, 3.05) is 0 Å².